The van der Waals surface area contributed by atoms with Crippen molar-refractivity contribution < 1.29 is 0 Å². The molecule has 0 unspecified atom stereocenters. The van der Waals surface area contributed by atoms with Crippen LogP contribution in [-0.4, -0.2) is 4.57 Å². The standard InChI is InChI=1S/C10H7ClN4O/c1-15-7-5-3-2-4-6(7)9(13-14-12)8(11)10(15)16/h2-5H,1H3. The van der Waals surface area contributed by atoms with Gasteiger partial charge in [0.05, 0.1) is 11.2 Å². The third kappa shape index (κ3) is 1.43. The van der Waals surface area contributed by atoms with E-state index < -0.39 is 0 Å². The molecule has 0 radical (unpaired) electrons. The van der Waals surface area contributed by atoms with Gasteiger partial charge in [-0.1, -0.05) is 34.9 Å². The lowest BCUT2D eigenvalue weighted by molar-refractivity contribution is 0.906. The number of hydrogen-bond acceptors (Lipinski definition) is 2. The fraction of sp³-hybridized carbons (Fsp3) is 0.100. The number of aryl methyl sites for hydroxylation is 1. The van der Waals surface area contributed by atoms with E-state index >= 15 is 0 Å². The van der Waals surface area contributed by atoms with Gasteiger partial charge < -0.3 is 4.57 Å². The Kier molecular flexibility index (Phi) is 2.56. The Labute approximate surface area is 95.5 Å². The highest BCUT2D eigenvalue weighted by molar-refractivity contribution is 6.34. The maximum Gasteiger partial charge on any atom is 0.270 e. The Bertz CT molecular complexity index is 670. The average molecular weight is 235 g/mol. The van der Waals surface area contributed by atoms with Crippen LogP contribution in [-0.2, 0) is 7.05 Å². The number of azide groups is 1. The molecule has 0 fully saturated rings. The number of benzene rings is 1. The predicted octanol–water partition coefficient (Wildman–Crippen LogP) is 3.13. The molecule has 0 aliphatic heterocycles. The molecule has 0 amide bonds. The molecule has 0 bridgehead atoms. The predicted molar refractivity (Wildman–Crippen MR) is 63.0 cm³/mol. The number of pyridine rings is 1. The Morgan fingerprint density at radius 1 is 1.44 bits per heavy atom. The van der Waals surface area contributed by atoms with Crippen LogP contribution >= 0.6 is 11.6 Å². The van der Waals surface area contributed by atoms with Crippen molar-refractivity contribution >= 4 is 28.2 Å². The molecule has 2 aromatic rings. The van der Waals surface area contributed by atoms with E-state index in [9.17, 15) is 4.79 Å². The largest absolute Gasteiger partial charge is 0.310 e. The van der Waals surface area contributed by atoms with Crippen LogP contribution in [0, 0.1) is 0 Å². The van der Waals surface area contributed by atoms with Crippen molar-refractivity contribution in [3.05, 3.63) is 50.1 Å². The quantitative estimate of drug-likeness (QED) is 0.424. The Morgan fingerprint density at radius 2 is 2.12 bits per heavy atom. The lowest BCUT2D eigenvalue weighted by Crippen LogP contribution is -2.17. The van der Waals surface area contributed by atoms with Gasteiger partial charge in [0, 0.05) is 17.3 Å². The highest BCUT2D eigenvalue weighted by Gasteiger charge is 2.11. The maximum absolute atomic E-state index is 11.7. The first-order valence-electron chi connectivity index (χ1n) is 4.49. The lowest BCUT2D eigenvalue weighted by Gasteiger charge is -2.08. The third-order valence-electron chi connectivity index (χ3n) is 2.37. The number of aromatic nitrogens is 1. The summed E-state index contributed by atoms with van der Waals surface area (Å²) in [7, 11) is 1.62. The summed E-state index contributed by atoms with van der Waals surface area (Å²) in [5, 5.41) is 4.07. The number of nitrogens with zero attached hydrogens (tertiary/aromatic N) is 4. The minimum absolute atomic E-state index is 0.0565. The van der Waals surface area contributed by atoms with Gasteiger partial charge in [0.25, 0.3) is 5.56 Å². The van der Waals surface area contributed by atoms with Gasteiger partial charge in [-0.05, 0) is 11.6 Å². The van der Waals surface area contributed by atoms with Gasteiger partial charge in [-0.15, -0.1) is 0 Å². The van der Waals surface area contributed by atoms with Gasteiger partial charge in [0.1, 0.15) is 5.02 Å². The molecule has 0 spiro atoms. The Morgan fingerprint density at radius 3 is 2.81 bits per heavy atom. The topological polar surface area (TPSA) is 70.8 Å². The van der Waals surface area contributed by atoms with Crippen LogP contribution in [0.3, 0.4) is 0 Å². The minimum Gasteiger partial charge on any atom is -0.310 e. The molecule has 16 heavy (non-hydrogen) atoms. The summed E-state index contributed by atoms with van der Waals surface area (Å²) in [6.07, 6.45) is 0. The fourth-order valence-electron chi connectivity index (χ4n) is 1.59. The zero-order chi connectivity index (χ0) is 11.7. The molecule has 0 saturated carbocycles. The molecule has 0 N–H and O–H groups in total. The maximum atomic E-state index is 11.7. The first-order chi connectivity index (χ1) is 7.66. The molecule has 6 heteroatoms. The van der Waals surface area contributed by atoms with Crippen molar-refractivity contribution in [2.24, 2.45) is 12.2 Å². The second-order valence-corrected chi connectivity index (χ2v) is 3.61. The molecule has 1 aromatic carbocycles. The van der Waals surface area contributed by atoms with E-state index in [1.807, 2.05) is 0 Å². The lowest BCUT2D eigenvalue weighted by atomic mass is 10.2. The number of rotatable bonds is 1. The van der Waals surface area contributed by atoms with E-state index in [1.54, 1.807) is 31.3 Å². The SMILES string of the molecule is Cn1c(=O)c(Cl)c(N=[N+]=[N-])c2ccccc21. The molecule has 0 aliphatic rings. The Balaban J connectivity index is 3.09. The summed E-state index contributed by atoms with van der Waals surface area (Å²) < 4.78 is 1.42. The van der Waals surface area contributed by atoms with Gasteiger partial charge in [-0.3, -0.25) is 4.79 Å². The summed E-state index contributed by atoms with van der Waals surface area (Å²) in [6.45, 7) is 0. The van der Waals surface area contributed by atoms with Crippen molar-refractivity contribution in [1.29, 1.82) is 0 Å². The highest BCUT2D eigenvalue weighted by Crippen LogP contribution is 2.30. The molecule has 5 nitrogen and oxygen atoms in total. The van der Waals surface area contributed by atoms with Gasteiger partial charge >= 0.3 is 0 Å². The van der Waals surface area contributed by atoms with Crippen LogP contribution in [0.4, 0.5) is 5.69 Å². The highest BCUT2D eigenvalue weighted by atomic mass is 35.5. The summed E-state index contributed by atoms with van der Waals surface area (Å²) in [4.78, 5) is 14.4. The summed E-state index contributed by atoms with van der Waals surface area (Å²) in [5.41, 5.74) is 8.95. The molecule has 1 aromatic heterocycles. The number of hydrogen-bond donors (Lipinski definition) is 0. The van der Waals surface area contributed by atoms with E-state index in [4.69, 9.17) is 17.1 Å². The zero-order valence-corrected chi connectivity index (χ0v) is 9.14. The number of para-hydroxylation sites is 1. The van der Waals surface area contributed by atoms with Crippen LogP contribution in [0.25, 0.3) is 21.3 Å². The molecule has 0 atom stereocenters. The zero-order valence-electron chi connectivity index (χ0n) is 8.38. The first-order valence-corrected chi connectivity index (χ1v) is 4.87. The van der Waals surface area contributed by atoms with Crippen LogP contribution < -0.4 is 5.56 Å². The second kappa shape index (κ2) is 3.89. The van der Waals surface area contributed by atoms with Crippen LogP contribution in [0.15, 0.2) is 34.2 Å². The molecular formula is C10H7ClN4O. The average Bonchev–Trinajstić information content (AvgIpc) is 2.32. The Hall–Kier alpha value is -1.97. The molecular weight excluding hydrogens is 228 g/mol. The summed E-state index contributed by atoms with van der Waals surface area (Å²) in [5.74, 6) is 0. The second-order valence-electron chi connectivity index (χ2n) is 3.23. The van der Waals surface area contributed by atoms with E-state index in [-0.39, 0.29) is 16.3 Å². The van der Waals surface area contributed by atoms with Crippen LogP contribution in [0.2, 0.25) is 5.02 Å². The molecule has 2 rings (SSSR count). The van der Waals surface area contributed by atoms with E-state index in [0.717, 1.165) is 0 Å². The summed E-state index contributed by atoms with van der Waals surface area (Å²) in [6, 6.07) is 7.11. The van der Waals surface area contributed by atoms with E-state index in [0.29, 0.717) is 10.9 Å². The minimum atomic E-state index is -0.372. The summed E-state index contributed by atoms with van der Waals surface area (Å²) >= 11 is 5.86. The van der Waals surface area contributed by atoms with Crippen molar-refractivity contribution in [3.63, 3.8) is 0 Å². The normalized spacial score (nSPS) is 10.1. The smallest absolute Gasteiger partial charge is 0.270 e. The third-order valence-corrected chi connectivity index (χ3v) is 2.71. The monoisotopic (exact) mass is 234 g/mol. The van der Waals surface area contributed by atoms with Gasteiger partial charge in [-0.2, -0.15) is 0 Å². The van der Waals surface area contributed by atoms with Gasteiger partial charge in [0.2, 0.25) is 0 Å². The fourth-order valence-corrected chi connectivity index (χ4v) is 1.85. The molecule has 0 saturated heterocycles. The molecule has 0 aliphatic carbocycles. The van der Waals surface area contributed by atoms with Crippen molar-refractivity contribution in [2.45, 2.75) is 0 Å². The van der Waals surface area contributed by atoms with E-state index in [2.05, 4.69) is 10.0 Å². The number of halogens is 1. The first kappa shape index (κ1) is 10.5. The van der Waals surface area contributed by atoms with Crippen LogP contribution in [0.1, 0.15) is 0 Å². The van der Waals surface area contributed by atoms with Gasteiger partial charge in [0.15, 0.2) is 0 Å². The molecule has 1 heterocycles. The van der Waals surface area contributed by atoms with Gasteiger partial charge in [-0.25, -0.2) is 0 Å². The van der Waals surface area contributed by atoms with Crippen molar-refractivity contribution in [3.8, 4) is 0 Å². The van der Waals surface area contributed by atoms with Crippen LogP contribution in [0.5, 0.6) is 0 Å². The number of fused-ring (bicyclic) bond motifs is 1. The molecule has 80 valence electrons. The van der Waals surface area contributed by atoms with E-state index in [1.165, 1.54) is 4.57 Å². The van der Waals surface area contributed by atoms with Crippen molar-refractivity contribution in [2.75, 3.05) is 0 Å². The van der Waals surface area contributed by atoms with Crippen molar-refractivity contribution in [1.82, 2.24) is 4.57 Å².